The number of thioether (sulfide) groups is 1. The molecule has 2 aliphatic carbocycles. The van der Waals surface area contributed by atoms with Crippen LogP contribution in [0.1, 0.15) is 42.0 Å². The lowest BCUT2D eigenvalue weighted by atomic mass is 9.71. The molecule has 0 fully saturated rings. The smallest absolute Gasteiger partial charge is 0.189 e. The summed E-state index contributed by atoms with van der Waals surface area (Å²) < 4.78 is 0. The Morgan fingerprint density at radius 1 is 1.20 bits per heavy atom. The summed E-state index contributed by atoms with van der Waals surface area (Å²) in [6.07, 6.45) is 5.09. The van der Waals surface area contributed by atoms with Crippen LogP contribution in [0.5, 0.6) is 0 Å². The van der Waals surface area contributed by atoms with Crippen molar-refractivity contribution in [2.45, 2.75) is 36.8 Å². The number of benzene rings is 1. The van der Waals surface area contributed by atoms with Crippen LogP contribution in [0.4, 0.5) is 5.82 Å². The number of halogens is 1. The number of nitrogens with two attached hydrogens (primary N) is 1. The van der Waals surface area contributed by atoms with E-state index in [9.17, 15) is 4.79 Å². The van der Waals surface area contributed by atoms with Crippen molar-refractivity contribution in [2.75, 3.05) is 12.0 Å². The van der Waals surface area contributed by atoms with Crippen LogP contribution in [0, 0.1) is 0 Å². The summed E-state index contributed by atoms with van der Waals surface area (Å²) in [4.78, 5) is 21.9. The molecule has 2 N–H and O–H groups in total. The molecule has 0 spiro atoms. The molecule has 0 amide bonds. The predicted molar refractivity (Wildman–Crippen MR) is 101 cm³/mol. The third-order valence-electron chi connectivity index (χ3n) is 4.94. The minimum absolute atomic E-state index is 0.195. The second-order valence-corrected chi connectivity index (χ2v) is 7.62. The number of nitrogens with zero attached hydrogens (tertiary/aromatic N) is 2. The van der Waals surface area contributed by atoms with Gasteiger partial charge in [0.1, 0.15) is 5.82 Å². The van der Waals surface area contributed by atoms with Crippen molar-refractivity contribution < 1.29 is 4.79 Å². The number of anilines is 1. The molecule has 0 saturated carbocycles. The first-order valence-electron chi connectivity index (χ1n) is 8.29. The molecule has 128 valence electrons. The van der Waals surface area contributed by atoms with Gasteiger partial charge in [0.2, 0.25) is 0 Å². The minimum atomic E-state index is -0.195. The quantitative estimate of drug-likeness (QED) is 0.633. The largest absolute Gasteiger partial charge is 0.383 e. The van der Waals surface area contributed by atoms with Gasteiger partial charge in [-0.25, -0.2) is 9.97 Å². The summed E-state index contributed by atoms with van der Waals surface area (Å²) in [5, 5.41) is 1.35. The number of aromatic nitrogens is 2. The molecule has 1 atom stereocenters. The topological polar surface area (TPSA) is 68.9 Å². The Hall–Kier alpha value is -1.85. The highest BCUT2D eigenvalue weighted by Crippen LogP contribution is 2.46. The van der Waals surface area contributed by atoms with Gasteiger partial charge in [-0.2, -0.15) is 0 Å². The average molecular weight is 372 g/mol. The molecular weight excluding hydrogens is 354 g/mol. The lowest BCUT2D eigenvalue weighted by molar-refractivity contribution is -0.116. The van der Waals surface area contributed by atoms with E-state index in [1.807, 2.05) is 30.5 Å². The summed E-state index contributed by atoms with van der Waals surface area (Å²) in [5.41, 5.74) is 11.3. The number of allylic oxidation sites excluding steroid dienone is 2. The molecule has 2 aromatic rings. The third-order valence-corrected chi connectivity index (χ3v) is 5.74. The fraction of sp³-hybridized carbons (Fsp3) is 0.316. The van der Waals surface area contributed by atoms with E-state index in [0.717, 1.165) is 35.2 Å². The maximum atomic E-state index is 12.8. The van der Waals surface area contributed by atoms with Crippen molar-refractivity contribution in [2.24, 2.45) is 0 Å². The number of ketones is 1. The average Bonchev–Trinajstić information content (AvgIpc) is 2.61. The number of carbonyl (C=O) groups excluding carboxylic acids is 1. The van der Waals surface area contributed by atoms with Crippen molar-refractivity contribution in [3.8, 4) is 0 Å². The molecule has 1 aromatic heterocycles. The maximum Gasteiger partial charge on any atom is 0.189 e. The number of hydrogen-bond donors (Lipinski definition) is 1. The van der Waals surface area contributed by atoms with Gasteiger partial charge in [-0.1, -0.05) is 41.1 Å². The Labute approximate surface area is 155 Å². The molecule has 0 bridgehead atoms. The maximum absolute atomic E-state index is 12.8. The van der Waals surface area contributed by atoms with Gasteiger partial charge in [0.15, 0.2) is 10.9 Å². The van der Waals surface area contributed by atoms with Gasteiger partial charge in [-0.05, 0) is 36.8 Å². The van der Waals surface area contributed by atoms with E-state index in [0.29, 0.717) is 28.8 Å². The number of fused-ring (bicyclic) bond motifs is 1. The van der Waals surface area contributed by atoms with Gasteiger partial charge in [0.05, 0.1) is 5.69 Å². The molecular formula is C19H18ClN3OS. The number of rotatable bonds is 2. The zero-order chi connectivity index (χ0) is 17.6. The van der Waals surface area contributed by atoms with Gasteiger partial charge < -0.3 is 5.73 Å². The molecule has 0 aliphatic heterocycles. The Morgan fingerprint density at radius 2 is 1.96 bits per heavy atom. The number of carbonyl (C=O) groups is 1. The van der Waals surface area contributed by atoms with Gasteiger partial charge >= 0.3 is 0 Å². The lowest BCUT2D eigenvalue weighted by Crippen LogP contribution is -2.27. The van der Waals surface area contributed by atoms with Gasteiger partial charge in [-0.15, -0.1) is 0 Å². The minimum Gasteiger partial charge on any atom is -0.383 e. The van der Waals surface area contributed by atoms with Crippen LogP contribution in [0.25, 0.3) is 0 Å². The molecule has 6 heteroatoms. The Balaban J connectivity index is 1.96. The highest BCUT2D eigenvalue weighted by molar-refractivity contribution is 7.98. The molecule has 1 heterocycles. The Morgan fingerprint density at radius 3 is 2.68 bits per heavy atom. The van der Waals surface area contributed by atoms with Crippen molar-refractivity contribution in [1.29, 1.82) is 0 Å². The number of hydrogen-bond acceptors (Lipinski definition) is 5. The second kappa shape index (κ2) is 6.46. The van der Waals surface area contributed by atoms with Crippen LogP contribution in [0.3, 0.4) is 0 Å². The zero-order valence-electron chi connectivity index (χ0n) is 13.9. The summed E-state index contributed by atoms with van der Waals surface area (Å²) in [5.74, 6) is 0.499. The second-order valence-electron chi connectivity index (χ2n) is 6.41. The summed E-state index contributed by atoms with van der Waals surface area (Å²) in [6.45, 7) is 0. The van der Waals surface area contributed by atoms with E-state index in [2.05, 4.69) is 4.98 Å². The predicted octanol–water partition coefficient (Wildman–Crippen LogP) is 4.17. The van der Waals surface area contributed by atoms with E-state index in [-0.39, 0.29) is 11.7 Å². The monoisotopic (exact) mass is 371 g/mol. The first-order chi connectivity index (χ1) is 12.1. The van der Waals surface area contributed by atoms with Crippen molar-refractivity contribution in [3.63, 3.8) is 0 Å². The molecule has 2 aliphatic rings. The van der Waals surface area contributed by atoms with Crippen LogP contribution < -0.4 is 5.73 Å². The Kier molecular flexibility index (Phi) is 4.29. The van der Waals surface area contributed by atoms with Crippen LogP contribution in [0.15, 0.2) is 40.6 Å². The van der Waals surface area contributed by atoms with Crippen molar-refractivity contribution >= 4 is 35.0 Å². The van der Waals surface area contributed by atoms with E-state index >= 15 is 0 Å². The van der Waals surface area contributed by atoms with Crippen LogP contribution in [-0.4, -0.2) is 22.0 Å². The molecule has 1 unspecified atom stereocenters. The highest BCUT2D eigenvalue weighted by atomic mass is 35.5. The zero-order valence-corrected chi connectivity index (χ0v) is 15.5. The summed E-state index contributed by atoms with van der Waals surface area (Å²) >= 11 is 7.54. The van der Waals surface area contributed by atoms with Crippen molar-refractivity contribution in [1.82, 2.24) is 9.97 Å². The molecule has 25 heavy (non-hydrogen) atoms. The third kappa shape index (κ3) is 2.85. The molecule has 0 saturated heterocycles. The Bertz CT molecular complexity index is 892. The molecule has 0 radical (unpaired) electrons. The molecule has 1 aromatic carbocycles. The SMILES string of the molecule is CSc1nc(N)c2c(n1)CC1=C(C(=O)CCC1)C2c1ccc(Cl)cc1. The first-order valence-corrected chi connectivity index (χ1v) is 9.89. The summed E-state index contributed by atoms with van der Waals surface area (Å²) in [6, 6.07) is 7.64. The van der Waals surface area contributed by atoms with E-state index in [1.54, 1.807) is 0 Å². The van der Waals surface area contributed by atoms with Crippen LogP contribution in [-0.2, 0) is 11.2 Å². The van der Waals surface area contributed by atoms with Gasteiger partial charge in [-0.3, -0.25) is 4.79 Å². The van der Waals surface area contributed by atoms with Gasteiger partial charge in [0, 0.05) is 34.9 Å². The number of Topliss-reactive ketones (excluding diaryl/α,β-unsaturated/α-hetero) is 1. The van der Waals surface area contributed by atoms with E-state index < -0.39 is 0 Å². The molecule has 4 nitrogen and oxygen atoms in total. The standard InChI is InChI=1S/C19H18ClN3OS/c1-25-19-22-13-9-11-3-2-4-14(24)15(11)16(17(13)18(21)23-19)10-5-7-12(20)8-6-10/h5-8,16H,2-4,9H2,1H3,(H2,21,22,23). The van der Waals surface area contributed by atoms with Crippen LogP contribution in [0.2, 0.25) is 5.02 Å². The first kappa shape index (κ1) is 16.6. The lowest BCUT2D eigenvalue weighted by Gasteiger charge is -2.33. The van der Waals surface area contributed by atoms with Crippen LogP contribution >= 0.6 is 23.4 Å². The number of nitrogen functional groups attached to an aromatic ring is 1. The fourth-order valence-corrected chi connectivity index (χ4v) is 4.38. The van der Waals surface area contributed by atoms with E-state index in [1.165, 1.54) is 17.3 Å². The van der Waals surface area contributed by atoms with E-state index in [4.69, 9.17) is 22.3 Å². The summed E-state index contributed by atoms with van der Waals surface area (Å²) in [7, 11) is 0. The van der Waals surface area contributed by atoms with Gasteiger partial charge in [0.25, 0.3) is 0 Å². The van der Waals surface area contributed by atoms with Crippen molar-refractivity contribution in [3.05, 3.63) is 57.3 Å². The fourth-order valence-electron chi connectivity index (χ4n) is 3.86. The normalized spacial score (nSPS) is 19.6. The highest BCUT2D eigenvalue weighted by Gasteiger charge is 2.37. The molecule has 4 rings (SSSR count).